The third kappa shape index (κ3) is 1.41. The molecule has 0 bridgehead atoms. The molecule has 0 radical (unpaired) electrons. The number of rotatable bonds is 0. The van der Waals surface area contributed by atoms with Crippen molar-refractivity contribution < 1.29 is 0 Å². The van der Waals surface area contributed by atoms with Crippen LogP contribution in [-0.2, 0) is 0 Å². The molecule has 0 atom stereocenters. The molecule has 0 saturated heterocycles. The molecular formula is C15H13N. The average Bonchev–Trinajstić information content (AvgIpc) is 2.50. The van der Waals surface area contributed by atoms with Gasteiger partial charge in [0.2, 0.25) is 0 Å². The van der Waals surface area contributed by atoms with Crippen molar-refractivity contribution in [2.24, 2.45) is 0 Å². The normalized spacial score (nSPS) is 12.3. The number of hydrogen-bond acceptors (Lipinski definition) is 1. The Morgan fingerprint density at radius 2 is 1.56 bits per heavy atom. The molecule has 1 aliphatic heterocycles. The van der Waals surface area contributed by atoms with E-state index < -0.39 is 0 Å². The summed E-state index contributed by atoms with van der Waals surface area (Å²) in [6, 6.07) is 14.7. The van der Waals surface area contributed by atoms with Gasteiger partial charge in [0.05, 0.1) is 0 Å². The van der Waals surface area contributed by atoms with E-state index in [0.29, 0.717) is 0 Å². The molecule has 1 heterocycles. The average molecular weight is 207 g/mol. The zero-order valence-electron chi connectivity index (χ0n) is 9.20. The summed E-state index contributed by atoms with van der Waals surface area (Å²) in [6.07, 6.45) is 4.33. The molecule has 0 aromatic heterocycles. The number of aryl methyl sites for hydroxylation is 1. The molecule has 2 aromatic carbocycles. The quantitative estimate of drug-likeness (QED) is 0.582. The smallest absolute Gasteiger partial charge is 0.0487 e. The summed E-state index contributed by atoms with van der Waals surface area (Å²) in [5.41, 5.74) is 6.14. The molecule has 0 spiro atoms. The maximum absolute atomic E-state index is 3.51. The summed E-state index contributed by atoms with van der Waals surface area (Å²) in [4.78, 5) is 0. The predicted octanol–water partition coefficient (Wildman–Crippen LogP) is 4.22. The lowest BCUT2D eigenvalue weighted by Crippen LogP contribution is -1.95. The number of nitrogens with one attached hydrogen (secondary N) is 1. The summed E-state index contributed by atoms with van der Waals surface area (Å²) >= 11 is 0. The minimum Gasteiger partial charge on any atom is -0.354 e. The van der Waals surface area contributed by atoms with Crippen LogP contribution in [0.5, 0.6) is 0 Å². The molecular weight excluding hydrogens is 194 g/mol. The van der Waals surface area contributed by atoms with E-state index in [1.807, 2.05) is 0 Å². The molecule has 0 aliphatic carbocycles. The lowest BCUT2D eigenvalue weighted by Gasteiger charge is -2.12. The van der Waals surface area contributed by atoms with Crippen molar-refractivity contribution in [1.82, 2.24) is 0 Å². The highest BCUT2D eigenvalue weighted by atomic mass is 14.9. The van der Waals surface area contributed by atoms with Crippen molar-refractivity contribution in [2.75, 3.05) is 5.32 Å². The van der Waals surface area contributed by atoms with Crippen molar-refractivity contribution >= 4 is 23.5 Å². The molecule has 3 rings (SSSR count). The molecule has 0 saturated carbocycles. The van der Waals surface area contributed by atoms with Gasteiger partial charge in [-0.2, -0.15) is 0 Å². The van der Waals surface area contributed by atoms with Gasteiger partial charge < -0.3 is 5.32 Å². The number of hydrogen-bond donors (Lipinski definition) is 1. The fourth-order valence-electron chi connectivity index (χ4n) is 2.07. The lowest BCUT2D eigenvalue weighted by atomic mass is 10.1. The molecule has 16 heavy (non-hydrogen) atoms. The molecule has 0 fully saturated rings. The molecule has 78 valence electrons. The van der Waals surface area contributed by atoms with Gasteiger partial charge >= 0.3 is 0 Å². The standard InChI is InChI=1S/C15H13N/c1-11-5-4-7-13-10-9-12-6-2-3-8-14(12)16-15(11)13/h2-10,16H,1H3. The monoisotopic (exact) mass is 207 g/mol. The SMILES string of the molecule is Cc1cccc2c1Nc1ccccc1C=C2. The molecule has 1 N–H and O–H groups in total. The van der Waals surface area contributed by atoms with Crippen LogP contribution in [0.25, 0.3) is 12.2 Å². The van der Waals surface area contributed by atoms with Crippen LogP contribution in [0.15, 0.2) is 42.5 Å². The minimum absolute atomic E-state index is 1.17. The summed E-state index contributed by atoms with van der Waals surface area (Å²) in [5, 5.41) is 3.51. The van der Waals surface area contributed by atoms with Gasteiger partial charge in [-0.05, 0) is 29.7 Å². The van der Waals surface area contributed by atoms with Crippen LogP contribution in [0, 0.1) is 6.92 Å². The second-order valence-corrected chi connectivity index (χ2v) is 4.08. The molecule has 2 aromatic rings. The highest BCUT2D eigenvalue weighted by molar-refractivity contribution is 5.88. The molecule has 1 nitrogen and oxygen atoms in total. The van der Waals surface area contributed by atoms with E-state index in [-0.39, 0.29) is 0 Å². The van der Waals surface area contributed by atoms with Gasteiger partial charge in [-0.1, -0.05) is 48.6 Å². The van der Waals surface area contributed by atoms with Gasteiger partial charge in [-0.3, -0.25) is 0 Å². The largest absolute Gasteiger partial charge is 0.354 e. The first-order valence-corrected chi connectivity index (χ1v) is 5.48. The topological polar surface area (TPSA) is 12.0 Å². The molecule has 0 amide bonds. The van der Waals surface area contributed by atoms with Crippen molar-refractivity contribution in [3.05, 3.63) is 59.2 Å². The fraction of sp³-hybridized carbons (Fsp3) is 0.0667. The third-order valence-electron chi connectivity index (χ3n) is 2.97. The van der Waals surface area contributed by atoms with E-state index in [9.17, 15) is 0 Å². The van der Waals surface area contributed by atoms with E-state index in [2.05, 4.69) is 66.9 Å². The maximum Gasteiger partial charge on any atom is 0.0487 e. The summed E-state index contributed by atoms with van der Waals surface area (Å²) in [7, 11) is 0. The maximum atomic E-state index is 3.51. The number of anilines is 2. The van der Waals surface area contributed by atoms with Crippen LogP contribution in [0.1, 0.15) is 16.7 Å². The van der Waals surface area contributed by atoms with Crippen LogP contribution >= 0.6 is 0 Å². The first-order valence-electron chi connectivity index (χ1n) is 5.48. The van der Waals surface area contributed by atoms with Crippen molar-refractivity contribution in [2.45, 2.75) is 6.92 Å². The minimum atomic E-state index is 1.17. The number of benzene rings is 2. The Kier molecular flexibility index (Phi) is 2.03. The Labute approximate surface area is 95.4 Å². The fourth-order valence-corrected chi connectivity index (χ4v) is 2.07. The summed E-state index contributed by atoms with van der Waals surface area (Å²) < 4.78 is 0. The van der Waals surface area contributed by atoms with Crippen LogP contribution < -0.4 is 5.32 Å². The van der Waals surface area contributed by atoms with Crippen LogP contribution in [0.3, 0.4) is 0 Å². The van der Waals surface area contributed by atoms with E-state index in [4.69, 9.17) is 0 Å². The van der Waals surface area contributed by atoms with Gasteiger partial charge in [0, 0.05) is 11.4 Å². The highest BCUT2D eigenvalue weighted by Gasteiger charge is 2.08. The Balaban J connectivity index is 2.22. The second-order valence-electron chi connectivity index (χ2n) is 4.08. The van der Waals surface area contributed by atoms with Gasteiger partial charge in [0.25, 0.3) is 0 Å². The molecule has 0 unspecified atom stereocenters. The van der Waals surface area contributed by atoms with Crippen molar-refractivity contribution in [3.63, 3.8) is 0 Å². The van der Waals surface area contributed by atoms with Gasteiger partial charge in [-0.15, -0.1) is 0 Å². The van der Waals surface area contributed by atoms with Gasteiger partial charge in [0.15, 0.2) is 0 Å². The predicted molar refractivity (Wildman–Crippen MR) is 69.8 cm³/mol. The summed E-state index contributed by atoms with van der Waals surface area (Å²) in [6.45, 7) is 2.13. The lowest BCUT2D eigenvalue weighted by molar-refractivity contribution is 1.42. The van der Waals surface area contributed by atoms with Crippen LogP contribution in [0.2, 0.25) is 0 Å². The Morgan fingerprint density at radius 1 is 0.812 bits per heavy atom. The first kappa shape index (κ1) is 9.22. The zero-order valence-corrected chi connectivity index (χ0v) is 9.20. The Morgan fingerprint density at radius 3 is 2.50 bits per heavy atom. The van der Waals surface area contributed by atoms with E-state index in [0.717, 1.165) is 0 Å². The number of para-hydroxylation sites is 2. The highest BCUT2D eigenvalue weighted by Crippen LogP contribution is 2.31. The first-order chi connectivity index (χ1) is 7.84. The van der Waals surface area contributed by atoms with Crippen LogP contribution in [-0.4, -0.2) is 0 Å². The Hall–Kier alpha value is -2.02. The van der Waals surface area contributed by atoms with Crippen LogP contribution in [0.4, 0.5) is 11.4 Å². The second kappa shape index (κ2) is 3.53. The van der Waals surface area contributed by atoms with Crippen molar-refractivity contribution in [3.8, 4) is 0 Å². The van der Waals surface area contributed by atoms with Gasteiger partial charge in [0.1, 0.15) is 0 Å². The Bertz CT molecular complexity index is 567. The third-order valence-corrected chi connectivity index (χ3v) is 2.97. The van der Waals surface area contributed by atoms with E-state index >= 15 is 0 Å². The summed E-state index contributed by atoms with van der Waals surface area (Å²) in [5.74, 6) is 0. The molecule has 1 heteroatoms. The molecule has 1 aliphatic rings. The van der Waals surface area contributed by atoms with Gasteiger partial charge in [-0.25, -0.2) is 0 Å². The number of fused-ring (bicyclic) bond motifs is 2. The van der Waals surface area contributed by atoms with Crippen molar-refractivity contribution in [1.29, 1.82) is 0 Å². The van der Waals surface area contributed by atoms with E-state index in [1.165, 1.54) is 28.1 Å². The zero-order chi connectivity index (χ0) is 11.0. The van der Waals surface area contributed by atoms with E-state index in [1.54, 1.807) is 0 Å².